The third kappa shape index (κ3) is 2.71. The molecule has 0 aromatic heterocycles. The minimum atomic E-state index is 0.599. The molecule has 3 heteroatoms. The van der Waals surface area contributed by atoms with Gasteiger partial charge in [-0.25, -0.2) is 0 Å². The number of piperidine rings is 1. The fourth-order valence-electron chi connectivity index (χ4n) is 5.15. The van der Waals surface area contributed by atoms with E-state index >= 15 is 0 Å². The zero-order valence-electron chi connectivity index (χ0n) is 13.5. The zero-order valence-corrected chi connectivity index (χ0v) is 13.5. The first-order chi connectivity index (χ1) is 10.8. The fourth-order valence-corrected chi connectivity index (χ4v) is 5.15. The second-order valence-electron chi connectivity index (χ2n) is 7.52. The van der Waals surface area contributed by atoms with Crippen LogP contribution in [0, 0.1) is 0 Å². The zero-order chi connectivity index (χ0) is 14.9. The van der Waals surface area contributed by atoms with Crippen molar-refractivity contribution in [3.05, 3.63) is 24.3 Å². The van der Waals surface area contributed by atoms with Gasteiger partial charge >= 0.3 is 0 Å². The van der Waals surface area contributed by atoms with Gasteiger partial charge in [0.1, 0.15) is 0 Å². The van der Waals surface area contributed by atoms with E-state index in [1.807, 2.05) is 12.1 Å². The first-order valence-electron chi connectivity index (χ1n) is 9.20. The van der Waals surface area contributed by atoms with Crippen molar-refractivity contribution in [3.8, 4) is 0 Å². The SMILES string of the molecule is Nc1ccccc1NC1C[C@H]2CC[C@@H](C1)N2C1CCCCC1. The van der Waals surface area contributed by atoms with Crippen LogP contribution < -0.4 is 11.1 Å². The van der Waals surface area contributed by atoms with E-state index < -0.39 is 0 Å². The van der Waals surface area contributed by atoms with Crippen LogP contribution in [0.2, 0.25) is 0 Å². The molecular weight excluding hydrogens is 270 g/mol. The van der Waals surface area contributed by atoms with Gasteiger partial charge in [0.2, 0.25) is 0 Å². The fraction of sp³-hybridized carbons (Fsp3) is 0.684. The van der Waals surface area contributed by atoms with Crippen molar-refractivity contribution < 1.29 is 0 Å². The Hall–Kier alpha value is -1.22. The van der Waals surface area contributed by atoms with E-state index in [4.69, 9.17) is 5.73 Å². The topological polar surface area (TPSA) is 41.3 Å². The highest BCUT2D eigenvalue weighted by Gasteiger charge is 2.43. The molecule has 4 rings (SSSR count). The van der Waals surface area contributed by atoms with E-state index in [2.05, 4.69) is 22.3 Å². The van der Waals surface area contributed by atoms with Gasteiger partial charge in [-0.3, -0.25) is 4.90 Å². The molecule has 1 aliphatic carbocycles. The quantitative estimate of drug-likeness (QED) is 0.829. The Morgan fingerprint density at radius 3 is 2.23 bits per heavy atom. The monoisotopic (exact) mass is 299 g/mol. The molecule has 1 saturated carbocycles. The highest BCUT2D eigenvalue weighted by molar-refractivity contribution is 5.66. The van der Waals surface area contributed by atoms with Crippen LogP contribution in [0.3, 0.4) is 0 Å². The van der Waals surface area contributed by atoms with Gasteiger partial charge in [-0.1, -0.05) is 31.4 Å². The average Bonchev–Trinajstić information content (AvgIpc) is 2.82. The number of nitrogen functional groups attached to an aromatic ring is 1. The predicted molar refractivity (Wildman–Crippen MR) is 93.0 cm³/mol. The second-order valence-corrected chi connectivity index (χ2v) is 7.52. The van der Waals surface area contributed by atoms with Gasteiger partial charge in [0.15, 0.2) is 0 Å². The molecule has 0 radical (unpaired) electrons. The maximum atomic E-state index is 6.09. The Bertz CT molecular complexity index is 495. The maximum absolute atomic E-state index is 6.09. The van der Waals surface area contributed by atoms with Crippen LogP contribution in [0.4, 0.5) is 11.4 Å². The Kier molecular flexibility index (Phi) is 4.00. The third-order valence-corrected chi connectivity index (χ3v) is 6.11. The summed E-state index contributed by atoms with van der Waals surface area (Å²) in [5.74, 6) is 0. The van der Waals surface area contributed by atoms with Crippen molar-refractivity contribution in [2.75, 3.05) is 11.1 Å². The van der Waals surface area contributed by atoms with Crippen LogP contribution in [0.25, 0.3) is 0 Å². The number of fused-ring (bicyclic) bond motifs is 2. The van der Waals surface area contributed by atoms with Gasteiger partial charge in [-0.2, -0.15) is 0 Å². The van der Waals surface area contributed by atoms with Crippen molar-refractivity contribution in [3.63, 3.8) is 0 Å². The number of rotatable bonds is 3. The van der Waals surface area contributed by atoms with E-state index in [9.17, 15) is 0 Å². The van der Waals surface area contributed by atoms with E-state index in [-0.39, 0.29) is 0 Å². The lowest BCUT2D eigenvalue weighted by molar-refractivity contribution is 0.0607. The van der Waals surface area contributed by atoms with Crippen molar-refractivity contribution in [2.45, 2.75) is 82.0 Å². The molecule has 1 unspecified atom stereocenters. The van der Waals surface area contributed by atoms with E-state index in [0.29, 0.717) is 6.04 Å². The van der Waals surface area contributed by atoms with Gasteiger partial charge < -0.3 is 11.1 Å². The summed E-state index contributed by atoms with van der Waals surface area (Å²) in [4.78, 5) is 2.92. The number of hydrogen-bond acceptors (Lipinski definition) is 3. The van der Waals surface area contributed by atoms with Crippen molar-refractivity contribution in [1.82, 2.24) is 4.90 Å². The Morgan fingerprint density at radius 2 is 1.55 bits per heavy atom. The van der Waals surface area contributed by atoms with Gasteiger partial charge in [0.05, 0.1) is 11.4 Å². The minimum absolute atomic E-state index is 0.599. The Morgan fingerprint density at radius 1 is 0.864 bits per heavy atom. The molecule has 22 heavy (non-hydrogen) atoms. The number of benzene rings is 1. The molecule has 3 atom stereocenters. The first kappa shape index (κ1) is 14.4. The average molecular weight is 299 g/mol. The number of nitrogens with two attached hydrogens (primary N) is 1. The molecule has 1 aromatic rings. The summed E-state index contributed by atoms with van der Waals surface area (Å²) in [5, 5.41) is 3.72. The molecule has 3 N–H and O–H groups in total. The molecule has 2 heterocycles. The molecule has 3 aliphatic rings. The summed E-state index contributed by atoms with van der Waals surface area (Å²) in [6.45, 7) is 0. The second kappa shape index (κ2) is 6.11. The van der Waals surface area contributed by atoms with Crippen LogP contribution >= 0.6 is 0 Å². The van der Waals surface area contributed by atoms with Gasteiger partial charge in [-0.05, 0) is 50.7 Å². The van der Waals surface area contributed by atoms with Crippen LogP contribution in [0.1, 0.15) is 57.8 Å². The summed E-state index contributed by atoms with van der Waals surface area (Å²) >= 11 is 0. The van der Waals surface area contributed by atoms with Crippen molar-refractivity contribution in [1.29, 1.82) is 0 Å². The van der Waals surface area contributed by atoms with Crippen LogP contribution in [0.15, 0.2) is 24.3 Å². The molecule has 2 aliphatic heterocycles. The summed E-state index contributed by atoms with van der Waals surface area (Å²) in [7, 11) is 0. The van der Waals surface area contributed by atoms with E-state index in [0.717, 1.165) is 29.5 Å². The number of nitrogens with zero attached hydrogens (tertiary/aromatic N) is 1. The Labute approximate surface area is 134 Å². The molecule has 1 aromatic carbocycles. The van der Waals surface area contributed by atoms with Gasteiger partial charge in [0, 0.05) is 24.2 Å². The largest absolute Gasteiger partial charge is 0.397 e. The maximum Gasteiger partial charge on any atom is 0.0576 e. The number of nitrogens with one attached hydrogen (secondary N) is 1. The number of hydrogen-bond donors (Lipinski definition) is 2. The Balaban J connectivity index is 1.42. The van der Waals surface area contributed by atoms with Crippen LogP contribution in [-0.4, -0.2) is 29.1 Å². The standard InChI is InChI=1S/C19H29N3/c20-18-8-4-5-9-19(18)21-14-12-16-10-11-17(13-14)22(16)15-6-2-1-3-7-15/h4-5,8-9,14-17,21H,1-3,6-7,10-13,20H2/t14?,16-,17+. The predicted octanol–water partition coefficient (Wildman–Crippen LogP) is 4.01. The highest BCUT2D eigenvalue weighted by Crippen LogP contribution is 2.41. The van der Waals surface area contributed by atoms with Crippen molar-refractivity contribution >= 4 is 11.4 Å². The molecule has 2 saturated heterocycles. The summed E-state index contributed by atoms with van der Waals surface area (Å²) < 4.78 is 0. The summed E-state index contributed by atoms with van der Waals surface area (Å²) in [6, 6.07) is 11.3. The highest BCUT2D eigenvalue weighted by atomic mass is 15.3. The lowest BCUT2D eigenvalue weighted by Crippen LogP contribution is -2.52. The first-order valence-corrected chi connectivity index (χ1v) is 9.20. The number of para-hydroxylation sites is 2. The molecule has 0 amide bonds. The molecule has 3 fully saturated rings. The van der Waals surface area contributed by atoms with Crippen LogP contribution in [-0.2, 0) is 0 Å². The molecule has 120 valence electrons. The van der Waals surface area contributed by atoms with E-state index in [1.165, 1.54) is 57.8 Å². The molecule has 3 nitrogen and oxygen atoms in total. The third-order valence-electron chi connectivity index (χ3n) is 6.11. The lowest BCUT2D eigenvalue weighted by atomic mass is 9.88. The number of anilines is 2. The van der Waals surface area contributed by atoms with E-state index in [1.54, 1.807) is 0 Å². The summed E-state index contributed by atoms with van der Waals surface area (Å²) in [6.07, 6.45) is 12.6. The van der Waals surface area contributed by atoms with Crippen molar-refractivity contribution in [2.24, 2.45) is 0 Å². The van der Waals surface area contributed by atoms with Gasteiger partial charge in [0.25, 0.3) is 0 Å². The normalized spacial score (nSPS) is 33.0. The smallest absolute Gasteiger partial charge is 0.0576 e. The van der Waals surface area contributed by atoms with Gasteiger partial charge in [-0.15, -0.1) is 0 Å². The molecule has 0 spiro atoms. The lowest BCUT2D eigenvalue weighted by Gasteiger charge is -2.45. The molecule has 2 bridgehead atoms. The minimum Gasteiger partial charge on any atom is -0.397 e. The summed E-state index contributed by atoms with van der Waals surface area (Å²) in [5.41, 5.74) is 8.10. The molecular formula is C19H29N3. The van der Waals surface area contributed by atoms with Crippen LogP contribution in [0.5, 0.6) is 0 Å².